The molecule has 2 N–H and O–H groups in total. The number of hydrogen-bond acceptors (Lipinski definition) is 3. The molecular formula is C17H21FN4O. The van der Waals surface area contributed by atoms with E-state index in [-0.39, 0.29) is 23.8 Å². The standard InChI is InChI=1S/C17H21FN4O/c1-12(19)15-7-4-5-10-21(15)17(23)14-9-11-22(20-14)16-8-3-2-6-13(16)18/h2-3,6,8-9,11-12,15H,4-5,7,10,19H2,1H3/t12-,15+/m1/s1. The number of benzene rings is 1. The lowest BCUT2D eigenvalue weighted by molar-refractivity contribution is 0.0577. The zero-order chi connectivity index (χ0) is 16.4. The molecule has 0 saturated carbocycles. The summed E-state index contributed by atoms with van der Waals surface area (Å²) in [7, 11) is 0. The molecule has 1 aromatic carbocycles. The summed E-state index contributed by atoms with van der Waals surface area (Å²) in [6, 6.07) is 7.94. The van der Waals surface area contributed by atoms with Crippen LogP contribution in [0, 0.1) is 5.82 Å². The van der Waals surface area contributed by atoms with Gasteiger partial charge in [0.15, 0.2) is 5.69 Å². The monoisotopic (exact) mass is 316 g/mol. The molecule has 2 heterocycles. The lowest BCUT2D eigenvalue weighted by Crippen LogP contribution is -2.51. The molecule has 1 aliphatic heterocycles. The van der Waals surface area contributed by atoms with Gasteiger partial charge in [-0.2, -0.15) is 5.10 Å². The van der Waals surface area contributed by atoms with Crippen molar-refractivity contribution in [2.75, 3.05) is 6.54 Å². The molecule has 0 aliphatic carbocycles. The number of aromatic nitrogens is 2. The van der Waals surface area contributed by atoms with E-state index in [0.29, 0.717) is 17.9 Å². The minimum atomic E-state index is -0.374. The van der Waals surface area contributed by atoms with Crippen molar-refractivity contribution in [2.45, 2.75) is 38.3 Å². The van der Waals surface area contributed by atoms with Crippen molar-refractivity contribution in [3.63, 3.8) is 0 Å². The third-order valence-corrected chi connectivity index (χ3v) is 4.32. The summed E-state index contributed by atoms with van der Waals surface area (Å²) < 4.78 is 15.2. The third-order valence-electron chi connectivity index (χ3n) is 4.32. The first-order valence-electron chi connectivity index (χ1n) is 7.95. The number of piperidine rings is 1. The molecule has 0 spiro atoms. The topological polar surface area (TPSA) is 64.2 Å². The van der Waals surface area contributed by atoms with Crippen molar-refractivity contribution in [3.05, 3.63) is 48.0 Å². The lowest BCUT2D eigenvalue weighted by atomic mass is 9.96. The predicted molar refractivity (Wildman–Crippen MR) is 85.8 cm³/mol. The average Bonchev–Trinajstić information content (AvgIpc) is 3.04. The highest BCUT2D eigenvalue weighted by Crippen LogP contribution is 2.21. The number of para-hydroxylation sites is 1. The van der Waals surface area contributed by atoms with Crippen LogP contribution in [0.4, 0.5) is 4.39 Å². The molecule has 1 aromatic heterocycles. The van der Waals surface area contributed by atoms with Gasteiger partial charge >= 0.3 is 0 Å². The van der Waals surface area contributed by atoms with E-state index in [9.17, 15) is 9.18 Å². The Morgan fingerprint density at radius 3 is 2.87 bits per heavy atom. The van der Waals surface area contributed by atoms with Crippen molar-refractivity contribution < 1.29 is 9.18 Å². The minimum Gasteiger partial charge on any atom is -0.333 e. The molecule has 122 valence electrons. The van der Waals surface area contributed by atoms with Crippen LogP contribution in [0.2, 0.25) is 0 Å². The Morgan fingerprint density at radius 1 is 1.35 bits per heavy atom. The summed E-state index contributed by atoms with van der Waals surface area (Å²) in [5, 5.41) is 4.25. The van der Waals surface area contributed by atoms with Crippen LogP contribution in [-0.4, -0.2) is 39.2 Å². The van der Waals surface area contributed by atoms with Gasteiger partial charge < -0.3 is 10.6 Å². The van der Waals surface area contributed by atoms with Gasteiger partial charge in [0.05, 0.1) is 0 Å². The van der Waals surface area contributed by atoms with Crippen LogP contribution in [-0.2, 0) is 0 Å². The second-order valence-electron chi connectivity index (χ2n) is 6.02. The summed E-state index contributed by atoms with van der Waals surface area (Å²) in [5.41, 5.74) is 6.67. The van der Waals surface area contributed by atoms with Crippen LogP contribution in [0.1, 0.15) is 36.7 Å². The fourth-order valence-corrected chi connectivity index (χ4v) is 3.11. The SMILES string of the molecule is C[C@@H](N)[C@@H]1CCCCN1C(=O)c1ccn(-c2ccccc2F)n1. The molecule has 1 fully saturated rings. The number of carbonyl (C=O) groups is 1. The number of carbonyl (C=O) groups excluding carboxylic acids is 1. The molecular weight excluding hydrogens is 295 g/mol. The number of hydrogen-bond donors (Lipinski definition) is 1. The Hall–Kier alpha value is -2.21. The first kappa shape index (κ1) is 15.7. The zero-order valence-corrected chi connectivity index (χ0v) is 13.2. The molecule has 1 saturated heterocycles. The van der Waals surface area contributed by atoms with Crippen LogP contribution in [0.15, 0.2) is 36.5 Å². The maximum absolute atomic E-state index is 13.8. The highest BCUT2D eigenvalue weighted by atomic mass is 19.1. The maximum atomic E-state index is 13.8. The molecule has 2 aromatic rings. The highest BCUT2D eigenvalue weighted by molar-refractivity contribution is 5.92. The quantitative estimate of drug-likeness (QED) is 0.945. The van der Waals surface area contributed by atoms with Crippen molar-refractivity contribution in [1.29, 1.82) is 0 Å². The smallest absolute Gasteiger partial charge is 0.274 e. The van der Waals surface area contributed by atoms with Crippen molar-refractivity contribution in [2.24, 2.45) is 5.73 Å². The number of halogens is 1. The van der Waals surface area contributed by atoms with Crippen LogP contribution < -0.4 is 5.73 Å². The molecule has 5 nitrogen and oxygen atoms in total. The van der Waals surface area contributed by atoms with Gasteiger partial charge in [-0.05, 0) is 44.4 Å². The summed E-state index contributed by atoms with van der Waals surface area (Å²) in [4.78, 5) is 14.6. The number of nitrogens with zero attached hydrogens (tertiary/aromatic N) is 3. The summed E-state index contributed by atoms with van der Waals surface area (Å²) >= 11 is 0. The molecule has 1 aliphatic rings. The van der Waals surface area contributed by atoms with Gasteiger partial charge in [-0.1, -0.05) is 12.1 Å². The summed E-state index contributed by atoms with van der Waals surface area (Å²) in [6.07, 6.45) is 4.58. The second-order valence-corrected chi connectivity index (χ2v) is 6.02. The summed E-state index contributed by atoms with van der Waals surface area (Å²) in [6.45, 7) is 2.62. The van der Waals surface area contributed by atoms with E-state index >= 15 is 0 Å². The molecule has 6 heteroatoms. The Kier molecular flexibility index (Phi) is 4.43. The largest absolute Gasteiger partial charge is 0.333 e. The molecule has 3 rings (SSSR count). The number of rotatable bonds is 3. The van der Waals surface area contributed by atoms with Gasteiger partial charge in [0.2, 0.25) is 0 Å². The third kappa shape index (κ3) is 3.12. The van der Waals surface area contributed by atoms with E-state index in [4.69, 9.17) is 5.73 Å². The average molecular weight is 316 g/mol. The second kappa shape index (κ2) is 6.50. The van der Waals surface area contributed by atoms with Crippen LogP contribution in [0.5, 0.6) is 0 Å². The van der Waals surface area contributed by atoms with Crippen molar-refractivity contribution >= 4 is 5.91 Å². The fraction of sp³-hybridized carbons (Fsp3) is 0.412. The maximum Gasteiger partial charge on any atom is 0.274 e. The number of nitrogens with two attached hydrogens (primary N) is 1. The Morgan fingerprint density at radius 2 is 2.13 bits per heavy atom. The van der Waals surface area contributed by atoms with Gasteiger partial charge in [-0.15, -0.1) is 0 Å². The molecule has 23 heavy (non-hydrogen) atoms. The van der Waals surface area contributed by atoms with E-state index in [1.54, 1.807) is 30.5 Å². The fourth-order valence-electron chi connectivity index (χ4n) is 3.11. The molecule has 0 unspecified atom stereocenters. The van der Waals surface area contributed by atoms with Crippen LogP contribution in [0.25, 0.3) is 5.69 Å². The van der Waals surface area contributed by atoms with Crippen molar-refractivity contribution in [1.82, 2.24) is 14.7 Å². The van der Waals surface area contributed by atoms with Gasteiger partial charge in [-0.3, -0.25) is 4.79 Å². The Labute approximate surface area is 134 Å². The molecule has 0 bridgehead atoms. The molecule has 0 radical (unpaired) electrons. The lowest BCUT2D eigenvalue weighted by Gasteiger charge is -2.37. The minimum absolute atomic E-state index is 0.0369. The zero-order valence-electron chi connectivity index (χ0n) is 13.2. The first-order chi connectivity index (χ1) is 11.1. The Bertz CT molecular complexity index is 697. The number of amides is 1. The van der Waals surface area contributed by atoms with Gasteiger partial charge in [0.25, 0.3) is 5.91 Å². The van der Waals surface area contributed by atoms with Crippen LogP contribution >= 0.6 is 0 Å². The predicted octanol–water partition coefficient (Wildman–Crippen LogP) is 2.35. The summed E-state index contributed by atoms with van der Waals surface area (Å²) in [5.74, 6) is -0.511. The van der Waals surface area contributed by atoms with E-state index in [2.05, 4.69) is 5.10 Å². The van der Waals surface area contributed by atoms with E-state index in [0.717, 1.165) is 19.3 Å². The number of likely N-dealkylation sites (tertiary alicyclic amines) is 1. The first-order valence-corrected chi connectivity index (χ1v) is 7.95. The van der Waals surface area contributed by atoms with Gasteiger partial charge in [-0.25, -0.2) is 9.07 Å². The Balaban J connectivity index is 1.85. The van der Waals surface area contributed by atoms with Gasteiger partial charge in [0, 0.05) is 24.8 Å². The van der Waals surface area contributed by atoms with Gasteiger partial charge in [0.1, 0.15) is 11.5 Å². The van der Waals surface area contributed by atoms with E-state index in [1.165, 1.54) is 10.7 Å². The molecule has 2 atom stereocenters. The molecule has 1 amide bonds. The van der Waals surface area contributed by atoms with Crippen molar-refractivity contribution in [3.8, 4) is 5.69 Å². The normalized spacial score (nSPS) is 19.6. The highest BCUT2D eigenvalue weighted by Gasteiger charge is 2.30. The van der Waals surface area contributed by atoms with E-state index in [1.807, 2.05) is 11.8 Å². The van der Waals surface area contributed by atoms with Crippen LogP contribution in [0.3, 0.4) is 0 Å². The van der Waals surface area contributed by atoms with E-state index < -0.39 is 0 Å².